The number of piperazine rings is 1. The fraction of sp³-hybridized carbons (Fsp3) is 0.733. The van der Waals surface area contributed by atoms with Crippen molar-refractivity contribution in [2.45, 2.75) is 27.3 Å². The summed E-state index contributed by atoms with van der Waals surface area (Å²) in [5, 5.41) is 7.37. The topological polar surface area (TPSA) is 56.9 Å². The lowest BCUT2D eigenvalue weighted by atomic mass is 10.2. The summed E-state index contributed by atoms with van der Waals surface area (Å²) in [6.07, 6.45) is 1.63. The normalized spacial score (nSPS) is 16.7. The van der Waals surface area contributed by atoms with Crippen molar-refractivity contribution >= 4 is 29.9 Å². The van der Waals surface area contributed by atoms with E-state index < -0.39 is 0 Å². The van der Waals surface area contributed by atoms with Crippen LogP contribution >= 0.6 is 24.0 Å². The van der Waals surface area contributed by atoms with Crippen molar-refractivity contribution in [2.24, 2.45) is 10.9 Å². The molecule has 126 valence electrons. The van der Waals surface area contributed by atoms with Crippen LogP contribution in [0, 0.1) is 5.92 Å². The highest BCUT2D eigenvalue weighted by Gasteiger charge is 2.20. The van der Waals surface area contributed by atoms with Crippen LogP contribution in [0.4, 0.5) is 0 Å². The largest absolute Gasteiger partial charge is 0.364 e. The van der Waals surface area contributed by atoms with Gasteiger partial charge in [-0.3, -0.25) is 9.89 Å². The molecule has 2 rings (SSSR count). The molecule has 1 aromatic heterocycles. The maximum absolute atomic E-state index is 4.89. The number of hydrogen-bond acceptors (Lipinski definition) is 4. The second-order valence-corrected chi connectivity index (χ2v) is 5.84. The summed E-state index contributed by atoms with van der Waals surface area (Å²) in [7, 11) is 0. The molecule has 0 bridgehead atoms. The van der Waals surface area contributed by atoms with Crippen LogP contribution in [0.25, 0.3) is 0 Å². The molecule has 0 aliphatic carbocycles. The second kappa shape index (κ2) is 10.0. The number of aliphatic imine (C=N–C) groups is 1. The fourth-order valence-corrected chi connectivity index (χ4v) is 2.36. The summed E-state index contributed by atoms with van der Waals surface area (Å²) in [5.41, 5.74) is 1.00. The highest BCUT2D eigenvalue weighted by atomic mass is 127. The zero-order chi connectivity index (χ0) is 15.1. The number of nitrogens with one attached hydrogen (secondary N) is 1. The van der Waals surface area contributed by atoms with Crippen LogP contribution in [0.15, 0.2) is 21.8 Å². The molecule has 0 radical (unpaired) electrons. The standard InChI is InChI=1S/C15H27N5O.HI/c1-4-16-15(17-11-13(2)3)20-8-6-19(7-9-20)12-14-5-10-21-18-14;/h5,10,13H,4,6-9,11-12H2,1-3H3,(H,16,17);1H. The molecule has 6 nitrogen and oxygen atoms in total. The number of guanidine groups is 1. The van der Waals surface area contributed by atoms with E-state index in [-0.39, 0.29) is 24.0 Å². The molecule has 0 unspecified atom stereocenters. The van der Waals surface area contributed by atoms with E-state index >= 15 is 0 Å². The van der Waals surface area contributed by atoms with Crippen LogP contribution < -0.4 is 5.32 Å². The fourth-order valence-electron chi connectivity index (χ4n) is 2.36. The Bertz CT molecular complexity index is 427. The van der Waals surface area contributed by atoms with Gasteiger partial charge in [-0.15, -0.1) is 24.0 Å². The van der Waals surface area contributed by atoms with Gasteiger partial charge in [0, 0.05) is 51.9 Å². The van der Waals surface area contributed by atoms with Crippen molar-refractivity contribution < 1.29 is 4.52 Å². The predicted octanol–water partition coefficient (Wildman–Crippen LogP) is 2.03. The summed E-state index contributed by atoms with van der Waals surface area (Å²) in [4.78, 5) is 9.48. The first-order valence-electron chi connectivity index (χ1n) is 7.84. The zero-order valence-electron chi connectivity index (χ0n) is 13.8. The molecule has 1 aromatic rings. The Hall–Kier alpha value is -0.830. The summed E-state index contributed by atoms with van der Waals surface area (Å²) in [6, 6.07) is 1.93. The highest BCUT2D eigenvalue weighted by Crippen LogP contribution is 2.07. The van der Waals surface area contributed by atoms with E-state index in [1.807, 2.05) is 6.07 Å². The molecule has 0 atom stereocenters. The van der Waals surface area contributed by atoms with Crippen LogP contribution in [0.3, 0.4) is 0 Å². The smallest absolute Gasteiger partial charge is 0.194 e. The molecular formula is C15H28IN5O. The maximum atomic E-state index is 4.89. The van der Waals surface area contributed by atoms with Gasteiger partial charge in [-0.2, -0.15) is 0 Å². The Morgan fingerprint density at radius 2 is 2.09 bits per heavy atom. The molecule has 7 heteroatoms. The Labute approximate surface area is 150 Å². The average molecular weight is 421 g/mol. The third-order valence-electron chi connectivity index (χ3n) is 3.49. The van der Waals surface area contributed by atoms with Crippen LogP contribution in [0.2, 0.25) is 0 Å². The monoisotopic (exact) mass is 421 g/mol. The van der Waals surface area contributed by atoms with Crippen LogP contribution in [0.5, 0.6) is 0 Å². The van der Waals surface area contributed by atoms with E-state index in [1.165, 1.54) is 0 Å². The minimum absolute atomic E-state index is 0. The lowest BCUT2D eigenvalue weighted by molar-refractivity contribution is 0.169. The summed E-state index contributed by atoms with van der Waals surface area (Å²) in [5.74, 6) is 1.64. The average Bonchev–Trinajstić information content (AvgIpc) is 2.97. The van der Waals surface area contributed by atoms with Crippen LogP contribution in [-0.4, -0.2) is 60.2 Å². The van der Waals surface area contributed by atoms with Crippen LogP contribution in [0.1, 0.15) is 26.5 Å². The van der Waals surface area contributed by atoms with Gasteiger partial charge in [0.1, 0.15) is 6.26 Å². The maximum Gasteiger partial charge on any atom is 0.194 e. The lowest BCUT2D eigenvalue weighted by Crippen LogP contribution is -2.52. The van der Waals surface area contributed by atoms with Gasteiger partial charge < -0.3 is 14.7 Å². The molecule has 0 saturated carbocycles. The van der Waals surface area contributed by atoms with Gasteiger partial charge in [0.05, 0.1) is 5.69 Å². The highest BCUT2D eigenvalue weighted by molar-refractivity contribution is 14.0. The number of halogens is 1. The molecule has 0 amide bonds. The Morgan fingerprint density at radius 1 is 1.36 bits per heavy atom. The Kier molecular flexibility index (Phi) is 8.77. The van der Waals surface area contributed by atoms with E-state index in [1.54, 1.807) is 6.26 Å². The van der Waals surface area contributed by atoms with E-state index in [2.05, 4.69) is 41.0 Å². The predicted molar refractivity (Wildman–Crippen MR) is 99.6 cm³/mol. The van der Waals surface area contributed by atoms with Gasteiger partial charge >= 0.3 is 0 Å². The molecular weight excluding hydrogens is 393 g/mol. The van der Waals surface area contributed by atoms with E-state index in [9.17, 15) is 0 Å². The Morgan fingerprint density at radius 3 is 2.64 bits per heavy atom. The van der Waals surface area contributed by atoms with Crippen LogP contribution in [-0.2, 0) is 6.54 Å². The number of rotatable bonds is 5. The molecule has 1 fully saturated rings. The van der Waals surface area contributed by atoms with Gasteiger partial charge in [0.25, 0.3) is 0 Å². The van der Waals surface area contributed by atoms with Gasteiger partial charge in [-0.05, 0) is 12.8 Å². The number of aromatic nitrogens is 1. The van der Waals surface area contributed by atoms with Gasteiger partial charge in [-0.25, -0.2) is 0 Å². The molecule has 1 aliphatic rings. The van der Waals surface area contributed by atoms with Crippen molar-refractivity contribution in [1.29, 1.82) is 0 Å². The quantitative estimate of drug-likeness (QED) is 0.448. The minimum Gasteiger partial charge on any atom is -0.364 e. The van der Waals surface area contributed by atoms with Gasteiger partial charge in [-0.1, -0.05) is 19.0 Å². The molecule has 22 heavy (non-hydrogen) atoms. The van der Waals surface area contributed by atoms with Crippen molar-refractivity contribution in [3.05, 3.63) is 18.0 Å². The third-order valence-corrected chi connectivity index (χ3v) is 3.49. The van der Waals surface area contributed by atoms with Crippen molar-refractivity contribution in [3.8, 4) is 0 Å². The van der Waals surface area contributed by atoms with E-state index in [0.29, 0.717) is 5.92 Å². The van der Waals surface area contributed by atoms with E-state index in [0.717, 1.165) is 57.5 Å². The Balaban J connectivity index is 0.00000242. The first kappa shape index (κ1) is 19.2. The zero-order valence-corrected chi connectivity index (χ0v) is 16.1. The summed E-state index contributed by atoms with van der Waals surface area (Å²) >= 11 is 0. The summed E-state index contributed by atoms with van der Waals surface area (Å²) < 4.78 is 4.89. The number of hydrogen-bond donors (Lipinski definition) is 1. The molecule has 0 aromatic carbocycles. The molecule has 1 N–H and O–H groups in total. The molecule has 2 heterocycles. The molecule has 1 saturated heterocycles. The van der Waals surface area contributed by atoms with E-state index in [4.69, 9.17) is 9.52 Å². The van der Waals surface area contributed by atoms with Crippen molar-refractivity contribution in [2.75, 3.05) is 39.3 Å². The van der Waals surface area contributed by atoms with Crippen molar-refractivity contribution in [3.63, 3.8) is 0 Å². The third kappa shape index (κ3) is 6.12. The van der Waals surface area contributed by atoms with Gasteiger partial charge in [0.2, 0.25) is 0 Å². The van der Waals surface area contributed by atoms with Crippen molar-refractivity contribution in [1.82, 2.24) is 20.3 Å². The second-order valence-electron chi connectivity index (χ2n) is 5.84. The minimum atomic E-state index is 0. The molecule has 1 aliphatic heterocycles. The number of nitrogens with zero attached hydrogens (tertiary/aromatic N) is 4. The lowest BCUT2D eigenvalue weighted by Gasteiger charge is -2.36. The molecule has 0 spiro atoms. The summed E-state index contributed by atoms with van der Waals surface area (Å²) in [6.45, 7) is 13.2. The van der Waals surface area contributed by atoms with Gasteiger partial charge in [0.15, 0.2) is 5.96 Å². The first-order chi connectivity index (χ1) is 10.2. The SMILES string of the molecule is CCNC(=NCC(C)C)N1CCN(Cc2ccon2)CC1.I. The first-order valence-corrected chi connectivity index (χ1v) is 7.84.